The monoisotopic (exact) mass is 363 g/mol. The van der Waals surface area contributed by atoms with Crippen LogP contribution in [0.2, 0.25) is 0 Å². The van der Waals surface area contributed by atoms with Crippen molar-refractivity contribution in [3.8, 4) is 11.5 Å². The van der Waals surface area contributed by atoms with Crippen molar-refractivity contribution in [1.82, 2.24) is 9.55 Å². The number of rotatable bonds is 3. The van der Waals surface area contributed by atoms with E-state index in [1.807, 2.05) is 0 Å². The van der Waals surface area contributed by atoms with E-state index in [-0.39, 0.29) is 17.8 Å². The van der Waals surface area contributed by atoms with Crippen molar-refractivity contribution in [2.75, 3.05) is 12.1 Å². The molecule has 0 saturated heterocycles. The summed E-state index contributed by atoms with van der Waals surface area (Å²) in [6.45, 7) is -0.438. The Morgan fingerprint density at radius 3 is 2.73 bits per heavy atom. The molecule has 2 aromatic carbocycles. The molecule has 26 heavy (non-hydrogen) atoms. The van der Waals surface area contributed by atoms with Crippen LogP contribution in [0.4, 0.5) is 18.9 Å². The van der Waals surface area contributed by atoms with Crippen LogP contribution in [0.1, 0.15) is 5.82 Å². The number of benzene rings is 2. The van der Waals surface area contributed by atoms with E-state index in [4.69, 9.17) is 9.47 Å². The van der Waals surface area contributed by atoms with E-state index in [0.717, 1.165) is 4.57 Å². The molecular weight excluding hydrogens is 351 g/mol. The second kappa shape index (κ2) is 5.94. The van der Waals surface area contributed by atoms with Crippen LogP contribution < -0.4 is 14.8 Å². The van der Waals surface area contributed by atoms with Crippen molar-refractivity contribution in [2.45, 2.75) is 12.7 Å². The Balaban J connectivity index is 1.61. The van der Waals surface area contributed by atoms with Crippen LogP contribution in [0.3, 0.4) is 0 Å². The first-order valence-corrected chi connectivity index (χ1v) is 7.64. The minimum Gasteiger partial charge on any atom is -0.454 e. The molecular formula is C17H12F3N3O3. The SMILES string of the molecule is O=C(Cn1c(C(F)(F)F)nc2ccccc21)Nc1ccc2c(c1)OCO2. The summed E-state index contributed by atoms with van der Waals surface area (Å²) in [5, 5.41) is 2.56. The number of amides is 1. The first-order valence-electron chi connectivity index (χ1n) is 7.64. The van der Waals surface area contributed by atoms with Gasteiger partial charge >= 0.3 is 6.18 Å². The summed E-state index contributed by atoms with van der Waals surface area (Å²) in [6.07, 6.45) is -4.67. The van der Waals surface area contributed by atoms with Crippen LogP contribution in [-0.2, 0) is 17.5 Å². The molecule has 0 fully saturated rings. The molecule has 1 aliphatic heterocycles. The van der Waals surface area contributed by atoms with Crippen molar-refractivity contribution < 1.29 is 27.4 Å². The van der Waals surface area contributed by atoms with Crippen LogP contribution in [-0.4, -0.2) is 22.3 Å². The molecule has 6 nitrogen and oxygen atoms in total. The number of para-hydroxylation sites is 2. The third kappa shape index (κ3) is 2.92. The molecule has 0 saturated carbocycles. The van der Waals surface area contributed by atoms with Gasteiger partial charge in [-0.3, -0.25) is 4.79 Å². The average molecular weight is 363 g/mol. The van der Waals surface area contributed by atoms with E-state index in [1.54, 1.807) is 30.3 Å². The minimum absolute atomic E-state index is 0.0860. The largest absolute Gasteiger partial charge is 0.454 e. The predicted molar refractivity (Wildman–Crippen MR) is 85.9 cm³/mol. The number of nitrogens with one attached hydrogen (secondary N) is 1. The lowest BCUT2D eigenvalue weighted by Gasteiger charge is -2.12. The van der Waals surface area contributed by atoms with Crippen molar-refractivity contribution in [3.05, 3.63) is 48.3 Å². The molecule has 1 aromatic heterocycles. The summed E-state index contributed by atoms with van der Waals surface area (Å²) < 4.78 is 51.0. The number of carbonyl (C=O) groups excluding carboxylic acids is 1. The highest BCUT2D eigenvalue weighted by Crippen LogP contribution is 2.34. The number of imidazole rings is 1. The zero-order chi connectivity index (χ0) is 18.3. The molecule has 0 aliphatic carbocycles. The van der Waals surface area contributed by atoms with Crippen LogP contribution in [0.5, 0.6) is 11.5 Å². The third-order valence-electron chi connectivity index (χ3n) is 3.87. The number of aromatic nitrogens is 2. The molecule has 0 bridgehead atoms. The normalized spacial score (nSPS) is 13.2. The number of alkyl halides is 3. The van der Waals surface area contributed by atoms with Crippen molar-refractivity contribution in [2.24, 2.45) is 0 Å². The minimum atomic E-state index is -4.67. The molecule has 1 N–H and O–H groups in total. The molecule has 1 aliphatic rings. The van der Waals surface area contributed by atoms with Gasteiger partial charge in [0.1, 0.15) is 6.54 Å². The number of hydrogen-bond donors (Lipinski definition) is 1. The molecule has 0 spiro atoms. The number of nitrogens with zero attached hydrogens (tertiary/aromatic N) is 2. The Morgan fingerprint density at radius 1 is 1.15 bits per heavy atom. The third-order valence-corrected chi connectivity index (χ3v) is 3.87. The number of fused-ring (bicyclic) bond motifs is 2. The summed E-state index contributed by atoms with van der Waals surface area (Å²) in [6, 6.07) is 10.9. The smallest absolute Gasteiger partial charge is 0.449 e. The van der Waals surface area contributed by atoms with Gasteiger partial charge in [-0.2, -0.15) is 13.2 Å². The molecule has 3 aromatic rings. The maximum atomic E-state index is 13.3. The van der Waals surface area contributed by atoms with Gasteiger partial charge in [-0.25, -0.2) is 4.98 Å². The topological polar surface area (TPSA) is 65.4 Å². The Morgan fingerprint density at radius 2 is 1.92 bits per heavy atom. The van der Waals surface area contributed by atoms with Crippen molar-refractivity contribution in [3.63, 3.8) is 0 Å². The first-order chi connectivity index (χ1) is 12.4. The van der Waals surface area contributed by atoms with Crippen LogP contribution in [0.25, 0.3) is 11.0 Å². The standard InChI is InChI=1S/C17H12F3N3O3/c18-17(19,20)16-22-11-3-1-2-4-12(11)23(16)8-15(24)21-10-5-6-13-14(7-10)26-9-25-13/h1-7H,8-9H2,(H,21,24). The van der Waals surface area contributed by atoms with E-state index < -0.39 is 24.5 Å². The molecule has 0 atom stereocenters. The number of anilines is 1. The highest BCUT2D eigenvalue weighted by Gasteiger charge is 2.38. The van der Waals surface area contributed by atoms with Gasteiger partial charge in [-0.05, 0) is 24.3 Å². The summed E-state index contributed by atoms with van der Waals surface area (Å²) in [5.74, 6) is -0.716. The molecule has 9 heteroatoms. The number of halogens is 3. The van der Waals surface area contributed by atoms with Crippen molar-refractivity contribution >= 4 is 22.6 Å². The number of carbonyl (C=O) groups is 1. The Kier molecular flexibility index (Phi) is 3.71. The highest BCUT2D eigenvalue weighted by atomic mass is 19.4. The van der Waals surface area contributed by atoms with E-state index in [1.165, 1.54) is 12.1 Å². The summed E-state index contributed by atoms with van der Waals surface area (Å²) in [7, 11) is 0. The van der Waals surface area contributed by atoms with Gasteiger partial charge in [0.05, 0.1) is 11.0 Å². The maximum Gasteiger partial charge on any atom is 0.449 e. The van der Waals surface area contributed by atoms with Crippen LogP contribution in [0.15, 0.2) is 42.5 Å². The second-order valence-electron chi connectivity index (χ2n) is 5.62. The van der Waals surface area contributed by atoms with Gasteiger partial charge in [0.25, 0.3) is 0 Å². The molecule has 2 heterocycles. The molecule has 0 radical (unpaired) electrons. The number of ether oxygens (including phenoxy) is 2. The quantitative estimate of drug-likeness (QED) is 0.774. The molecule has 134 valence electrons. The predicted octanol–water partition coefficient (Wildman–Crippen LogP) is 3.42. The Hall–Kier alpha value is -3.23. The lowest BCUT2D eigenvalue weighted by molar-refractivity contribution is -0.147. The van der Waals surface area contributed by atoms with Crippen LogP contribution >= 0.6 is 0 Å². The molecule has 0 unspecified atom stereocenters. The van der Waals surface area contributed by atoms with Crippen molar-refractivity contribution in [1.29, 1.82) is 0 Å². The average Bonchev–Trinajstić information content (AvgIpc) is 3.19. The fraction of sp³-hybridized carbons (Fsp3) is 0.176. The van der Waals surface area contributed by atoms with E-state index >= 15 is 0 Å². The highest BCUT2D eigenvalue weighted by molar-refractivity contribution is 5.92. The summed E-state index contributed by atoms with van der Waals surface area (Å²) in [5.41, 5.74) is 0.814. The first kappa shape index (κ1) is 16.2. The van der Waals surface area contributed by atoms with Gasteiger partial charge in [0, 0.05) is 11.8 Å². The fourth-order valence-corrected chi connectivity index (χ4v) is 2.77. The molecule has 4 rings (SSSR count). The lowest BCUT2D eigenvalue weighted by Crippen LogP contribution is -2.23. The number of hydrogen-bond acceptors (Lipinski definition) is 4. The fourth-order valence-electron chi connectivity index (χ4n) is 2.77. The van der Waals surface area contributed by atoms with Gasteiger partial charge < -0.3 is 19.4 Å². The molecule has 1 amide bonds. The zero-order valence-corrected chi connectivity index (χ0v) is 13.2. The second-order valence-corrected chi connectivity index (χ2v) is 5.62. The van der Waals surface area contributed by atoms with Gasteiger partial charge in [0.2, 0.25) is 18.5 Å². The van der Waals surface area contributed by atoms with Crippen LogP contribution in [0, 0.1) is 0 Å². The maximum absolute atomic E-state index is 13.3. The van der Waals surface area contributed by atoms with E-state index in [9.17, 15) is 18.0 Å². The Bertz CT molecular complexity index is 998. The Labute approximate surface area is 145 Å². The van der Waals surface area contributed by atoms with Gasteiger partial charge in [-0.15, -0.1) is 0 Å². The lowest BCUT2D eigenvalue weighted by atomic mass is 10.2. The summed E-state index contributed by atoms with van der Waals surface area (Å²) in [4.78, 5) is 15.9. The van der Waals surface area contributed by atoms with Gasteiger partial charge in [0.15, 0.2) is 11.5 Å². The summed E-state index contributed by atoms with van der Waals surface area (Å²) >= 11 is 0. The zero-order valence-electron chi connectivity index (χ0n) is 13.2. The van der Waals surface area contributed by atoms with Gasteiger partial charge in [-0.1, -0.05) is 12.1 Å². The van der Waals surface area contributed by atoms with E-state index in [0.29, 0.717) is 17.2 Å². The van der Waals surface area contributed by atoms with E-state index in [2.05, 4.69) is 10.3 Å².